The molecule has 29 heavy (non-hydrogen) atoms. The van der Waals surface area contributed by atoms with E-state index in [-0.39, 0.29) is 12.5 Å². The first kappa shape index (κ1) is 22.4. The van der Waals surface area contributed by atoms with Gasteiger partial charge < -0.3 is 21.3 Å². The molecule has 1 aromatic rings. The topological polar surface area (TPSA) is 145 Å². The molecule has 0 saturated heterocycles. The Kier molecular flexibility index (Phi) is 7.02. The van der Waals surface area contributed by atoms with Gasteiger partial charge in [-0.15, -0.1) is 0 Å². The molecule has 0 bridgehead atoms. The summed E-state index contributed by atoms with van der Waals surface area (Å²) in [7, 11) is 0. The molecule has 1 atom stereocenters. The highest BCUT2D eigenvalue weighted by Gasteiger charge is 2.40. The summed E-state index contributed by atoms with van der Waals surface area (Å²) in [5.74, 6) is 9.53. The SMILES string of the molecule is CC(C)(N)C(NC(=O)c1ccc(C#CC#CC2(O)CC(CO)C2)cc1)C(=O)NO. The Labute approximate surface area is 169 Å². The maximum Gasteiger partial charge on any atom is 0.267 e. The summed E-state index contributed by atoms with van der Waals surface area (Å²) in [5, 5.41) is 30.3. The van der Waals surface area contributed by atoms with Gasteiger partial charge in [-0.25, -0.2) is 5.48 Å². The summed E-state index contributed by atoms with van der Waals surface area (Å²) < 4.78 is 0. The number of nitrogens with one attached hydrogen (secondary N) is 2. The van der Waals surface area contributed by atoms with Crippen molar-refractivity contribution >= 4 is 11.8 Å². The number of rotatable bonds is 5. The molecule has 0 radical (unpaired) electrons. The molecule has 1 aliphatic rings. The van der Waals surface area contributed by atoms with Gasteiger partial charge in [0.15, 0.2) is 0 Å². The highest BCUT2D eigenvalue weighted by Crippen LogP contribution is 2.36. The molecule has 2 amide bonds. The Morgan fingerprint density at radius 1 is 1.28 bits per heavy atom. The number of hydroxylamine groups is 1. The first-order valence-electron chi connectivity index (χ1n) is 9.08. The van der Waals surface area contributed by atoms with Crippen LogP contribution in [-0.4, -0.2) is 51.0 Å². The minimum absolute atomic E-state index is 0.0454. The first-order valence-corrected chi connectivity index (χ1v) is 9.08. The van der Waals surface area contributed by atoms with Crippen molar-refractivity contribution in [3.8, 4) is 23.7 Å². The summed E-state index contributed by atoms with van der Waals surface area (Å²) in [6.45, 7) is 3.15. The van der Waals surface area contributed by atoms with Crippen molar-refractivity contribution in [2.75, 3.05) is 6.61 Å². The van der Waals surface area contributed by atoms with Crippen LogP contribution in [0.4, 0.5) is 0 Å². The van der Waals surface area contributed by atoms with Crippen LogP contribution in [0.1, 0.15) is 42.6 Å². The van der Waals surface area contributed by atoms with E-state index in [1.807, 2.05) is 0 Å². The van der Waals surface area contributed by atoms with E-state index < -0.39 is 29.0 Å². The second-order valence-corrected chi connectivity index (χ2v) is 7.77. The molecule has 8 nitrogen and oxygen atoms in total. The third kappa shape index (κ3) is 6.05. The van der Waals surface area contributed by atoms with Crippen molar-refractivity contribution in [2.24, 2.45) is 11.7 Å². The first-order chi connectivity index (χ1) is 13.6. The van der Waals surface area contributed by atoms with Crippen LogP contribution < -0.4 is 16.5 Å². The normalized spacial score (nSPS) is 21.4. The monoisotopic (exact) mass is 399 g/mol. The average molecular weight is 399 g/mol. The molecule has 154 valence electrons. The fourth-order valence-electron chi connectivity index (χ4n) is 2.95. The summed E-state index contributed by atoms with van der Waals surface area (Å²) in [5.41, 5.74) is 6.13. The second-order valence-electron chi connectivity index (χ2n) is 7.77. The lowest BCUT2D eigenvalue weighted by Gasteiger charge is -2.38. The summed E-state index contributed by atoms with van der Waals surface area (Å²) in [6, 6.07) is 5.19. The van der Waals surface area contributed by atoms with E-state index >= 15 is 0 Å². The van der Waals surface area contributed by atoms with Crippen LogP contribution in [0.3, 0.4) is 0 Å². The Morgan fingerprint density at radius 2 is 1.90 bits per heavy atom. The number of nitrogens with two attached hydrogens (primary N) is 1. The number of carbonyl (C=O) groups excluding carboxylic acids is 2. The lowest BCUT2D eigenvalue weighted by atomic mass is 9.72. The Bertz CT molecular complexity index is 875. The molecule has 1 unspecified atom stereocenters. The highest BCUT2D eigenvalue weighted by atomic mass is 16.5. The fraction of sp³-hybridized carbons (Fsp3) is 0.429. The van der Waals surface area contributed by atoms with E-state index in [4.69, 9.17) is 16.0 Å². The minimum atomic E-state index is -1.13. The number of benzene rings is 1. The van der Waals surface area contributed by atoms with Crippen LogP contribution in [-0.2, 0) is 4.79 Å². The summed E-state index contributed by atoms with van der Waals surface area (Å²) in [4.78, 5) is 24.1. The van der Waals surface area contributed by atoms with E-state index in [2.05, 4.69) is 29.0 Å². The largest absolute Gasteiger partial charge is 0.396 e. The molecule has 0 heterocycles. The number of hydrogen-bond acceptors (Lipinski definition) is 6. The highest BCUT2D eigenvalue weighted by molar-refractivity contribution is 5.97. The molecule has 1 saturated carbocycles. The second kappa shape index (κ2) is 9.08. The number of amides is 2. The summed E-state index contributed by atoms with van der Waals surface area (Å²) >= 11 is 0. The smallest absolute Gasteiger partial charge is 0.267 e. The van der Waals surface area contributed by atoms with Crippen molar-refractivity contribution < 1.29 is 25.0 Å². The van der Waals surface area contributed by atoms with Crippen LogP contribution in [0, 0.1) is 29.6 Å². The predicted octanol–water partition coefficient (Wildman–Crippen LogP) is -0.484. The molecule has 1 aliphatic carbocycles. The van der Waals surface area contributed by atoms with E-state index in [1.165, 1.54) is 17.6 Å². The maximum absolute atomic E-state index is 12.4. The van der Waals surface area contributed by atoms with Crippen molar-refractivity contribution in [1.29, 1.82) is 0 Å². The molecule has 0 aromatic heterocycles. The van der Waals surface area contributed by atoms with Crippen LogP contribution in [0.25, 0.3) is 0 Å². The van der Waals surface area contributed by atoms with Crippen LogP contribution >= 0.6 is 0 Å². The van der Waals surface area contributed by atoms with Crippen molar-refractivity contribution in [1.82, 2.24) is 10.8 Å². The number of hydrogen-bond donors (Lipinski definition) is 6. The van der Waals surface area contributed by atoms with E-state index in [1.54, 1.807) is 26.0 Å². The molecule has 2 rings (SSSR count). The van der Waals surface area contributed by atoms with Gasteiger partial charge in [-0.3, -0.25) is 14.8 Å². The van der Waals surface area contributed by atoms with Gasteiger partial charge in [-0.05, 0) is 68.7 Å². The average Bonchev–Trinajstić information content (AvgIpc) is 2.66. The lowest BCUT2D eigenvalue weighted by Crippen LogP contribution is -2.61. The van der Waals surface area contributed by atoms with Crippen molar-refractivity contribution in [2.45, 2.75) is 43.9 Å². The molecule has 1 aromatic carbocycles. The molecule has 0 spiro atoms. The van der Waals surface area contributed by atoms with Gasteiger partial charge in [0.2, 0.25) is 0 Å². The van der Waals surface area contributed by atoms with E-state index in [0.717, 1.165) is 0 Å². The third-order valence-corrected chi connectivity index (χ3v) is 4.61. The van der Waals surface area contributed by atoms with Gasteiger partial charge in [0.05, 0.1) is 0 Å². The molecule has 1 fully saturated rings. The number of carbonyl (C=O) groups is 2. The predicted molar refractivity (Wildman–Crippen MR) is 105 cm³/mol. The van der Waals surface area contributed by atoms with Gasteiger partial charge in [0.25, 0.3) is 11.8 Å². The van der Waals surface area contributed by atoms with Gasteiger partial charge in [0.1, 0.15) is 11.6 Å². The Morgan fingerprint density at radius 3 is 2.41 bits per heavy atom. The molecular formula is C21H25N3O5. The maximum atomic E-state index is 12.4. The summed E-state index contributed by atoms with van der Waals surface area (Å²) in [6.07, 6.45) is 0.883. The molecular weight excluding hydrogens is 374 g/mol. The lowest BCUT2D eigenvalue weighted by molar-refractivity contribution is -0.132. The minimum Gasteiger partial charge on any atom is -0.396 e. The van der Waals surface area contributed by atoms with Crippen molar-refractivity contribution in [3.63, 3.8) is 0 Å². The van der Waals surface area contributed by atoms with Crippen LogP contribution in [0.2, 0.25) is 0 Å². The van der Waals surface area contributed by atoms with Crippen molar-refractivity contribution in [3.05, 3.63) is 35.4 Å². The van der Waals surface area contributed by atoms with Gasteiger partial charge in [-0.2, -0.15) is 0 Å². The standard InChI is InChI=1S/C21H25N3O5/c1-20(2,22)17(19(27)24-29)23-18(26)16-8-6-14(7-9-16)5-3-4-10-21(28)11-15(12-21)13-25/h6-9,15,17,25,28-29H,11-13,22H2,1-2H3,(H,23,26)(H,24,27). The molecule has 7 N–H and O–H groups in total. The van der Waals surface area contributed by atoms with Gasteiger partial charge >= 0.3 is 0 Å². The zero-order valence-corrected chi connectivity index (χ0v) is 16.3. The number of aliphatic hydroxyl groups is 2. The number of aliphatic hydroxyl groups excluding tert-OH is 1. The van der Waals surface area contributed by atoms with Gasteiger partial charge in [0, 0.05) is 23.3 Å². The fourth-order valence-corrected chi connectivity index (χ4v) is 2.95. The Balaban J connectivity index is 2.00. The molecule has 0 aliphatic heterocycles. The van der Waals surface area contributed by atoms with Crippen LogP contribution in [0.5, 0.6) is 0 Å². The van der Waals surface area contributed by atoms with Gasteiger partial charge in [-0.1, -0.05) is 11.8 Å². The zero-order chi connectivity index (χ0) is 21.7. The molecule has 8 heteroatoms. The zero-order valence-electron chi connectivity index (χ0n) is 16.3. The Hall–Kier alpha value is -2.88. The quantitative estimate of drug-likeness (QED) is 0.224. The third-order valence-electron chi connectivity index (χ3n) is 4.61. The van der Waals surface area contributed by atoms with E-state index in [0.29, 0.717) is 24.0 Å². The van der Waals surface area contributed by atoms with Crippen LogP contribution in [0.15, 0.2) is 24.3 Å². The van der Waals surface area contributed by atoms with E-state index in [9.17, 15) is 14.7 Å².